The molecule has 9 heteroatoms. The molecule has 0 saturated heterocycles. The first-order valence-electron chi connectivity index (χ1n) is 8.16. The zero-order valence-electron chi connectivity index (χ0n) is 15.4. The molecule has 0 unspecified atom stereocenters. The minimum atomic E-state index is -3.81. The Hall–Kier alpha value is -1.97. The average Bonchev–Trinajstić information content (AvgIpc) is 2.92. The summed E-state index contributed by atoms with van der Waals surface area (Å²) in [6.45, 7) is 7.38. The molecule has 2 N–H and O–H groups in total. The number of aromatic nitrogens is 1. The number of aryl methyl sites for hydroxylation is 2. The Bertz CT molecular complexity index is 905. The number of methoxy groups -OCH3 is 1. The van der Waals surface area contributed by atoms with Crippen LogP contribution in [0.3, 0.4) is 0 Å². The number of ether oxygens (including phenoxy) is 1. The molecule has 0 aliphatic carbocycles. The maximum Gasteiger partial charge on any atom is 0.257 e. The van der Waals surface area contributed by atoms with Crippen LogP contribution >= 0.6 is 11.3 Å². The third-order valence-electron chi connectivity index (χ3n) is 3.55. The van der Waals surface area contributed by atoms with Crippen LogP contribution in [0.4, 0.5) is 5.13 Å². The Balaban J connectivity index is 2.34. The van der Waals surface area contributed by atoms with Crippen LogP contribution in [0.5, 0.6) is 5.75 Å². The number of nitrogens with one attached hydrogen (secondary N) is 2. The second-order valence-electron chi connectivity index (χ2n) is 5.97. The van der Waals surface area contributed by atoms with Crippen LogP contribution in [0.2, 0.25) is 0 Å². The Morgan fingerprint density at radius 2 is 2.04 bits per heavy atom. The van der Waals surface area contributed by atoms with Gasteiger partial charge in [0.05, 0.1) is 12.8 Å². The van der Waals surface area contributed by atoms with Gasteiger partial charge in [0.15, 0.2) is 5.13 Å². The van der Waals surface area contributed by atoms with E-state index >= 15 is 0 Å². The van der Waals surface area contributed by atoms with Gasteiger partial charge in [0.1, 0.15) is 10.6 Å². The zero-order chi connectivity index (χ0) is 19.5. The number of nitrogens with zero attached hydrogens (tertiary/aromatic N) is 1. The second-order valence-corrected chi connectivity index (χ2v) is 8.86. The van der Waals surface area contributed by atoms with Crippen molar-refractivity contribution in [3.63, 3.8) is 0 Å². The van der Waals surface area contributed by atoms with Gasteiger partial charge < -0.3 is 4.74 Å². The van der Waals surface area contributed by atoms with Crippen molar-refractivity contribution >= 4 is 32.4 Å². The number of thiazole rings is 1. The van der Waals surface area contributed by atoms with Crippen molar-refractivity contribution in [2.75, 3.05) is 12.4 Å². The van der Waals surface area contributed by atoms with E-state index in [-0.39, 0.29) is 22.3 Å². The highest BCUT2D eigenvalue weighted by Crippen LogP contribution is 2.27. The molecule has 1 aromatic heterocycles. The number of carbonyl (C=O) groups is 1. The van der Waals surface area contributed by atoms with Gasteiger partial charge in [-0.15, -0.1) is 11.3 Å². The second kappa shape index (κ2) is 8.15. The zero-order valence-corrected chi connectivity index (χ0v) is 17.0. The van der Waals surface area contributed by atoms with E-state index in [1.54, 1.807) is 13.8 Å². The Morgan fingerprint density at radius 3 is 2.58 bits per heavy atom. The summed E-state index contributed by atoms with van der Waals surface area (Å²) >= 11 is 1.39. The molecule has 0 spiro atoms. The van der Waals surface area contributed by atoms with Gasteiger partial charge in [-0.3, -0.25) is 10.1 Å². The summed E-state index contributed by atoms with van der Waals surface area (Å²) in [6.07, 6.45) is 0.782. The number of hydrogen-bond donors (Lipinski definition) is 2. The van der Waals surface area contributed by atoms with E-state index in [1.807, 2.05) is 13.8 Å². The third kappa shape index (κ3) is 4.60. The van der Waals surface area contributed by atoms with E-state index in [0.717, 1.165) is 17.0 Å². The molecule has 0 bridgehead atoms. The average molecular weight is 398 g/mol. The van der Waals surface area contributed by atoms with Gasteiger partial charge in [-0.2, -0.15) is 0 Å². The summed E-state index contributed by atoms with van der Waals surface area (Å²) in [6, 6.07) is 4.01. The molecule has 1 amide bonds. The van der Waals surface area contributed by atoms with Crippen molar-refractivity contribution in [2.45, 2.75) is 45.1 Å². The predicted molar refractivity (Wildman–Crippen MR) is 103 cm³/mol. The van der Waals surface area contributed by atoms with E-state index in [0.29, 0.717) is 5.13 Å². The molecule has 2 aromatic rings. The molecule has 0 atom stereocenters. The van der Waals surface area contributed by atoms with Gasteiger partial charge in [0.25, 0.3) is 5.91 Å². The minimum Gasteiger partial charge on any atom is -0.495 e. The van der Waals surface area contributed by atoms with Crippen molar-refractivity contribution in [1.29, 1.82) is 0 Å². The molecular formula is C17H23N3O4S2. The lowest BCUT2D eigenvalue weighted by molar-refractivity contribution is 0.102. The predicted octanol–water partition coefficient (Wildman–Crippen LogP) is 2.96. The lowest BCUT2D eigenvalue weighted by Gasteiger charge is -2.14. The molecule has 0 aliphatic heterocycles. The number of carbonyl (C=O) groups excluding carboxylic acids is 1. The molecule has 2 rings (SSSR count). The normalized spacial score (nSPS) is 11.6. The summed E-state index contributed by atoms with van der Waals surface area (Å²) in [7, 11) is -2.42. The van der Waals surface area contributed by atoms with Crippen LogP contribution in [0.25, 0.3) is 0 Å². The lowest BCUT2D eigenvalue weighted by Crippen LogP contribution is -2.30. The molecule has 26 heavy (non-hydrogen) atoms. The number of hydrogen-bond acceptors (Lipinski definition) is 6. The fourth-order valence-corrected chi connectivity index (χ4v) is 4.72. The summed E-state index contributed by atoms with van der Waals surface area (Å²) in [5.41, 5.74) is 1.14. The van der Waals surface area contributed by atoms with Crippen molar-refractivity contribution < 1.29 is 17.9 Å². The number of rotatable bonds is 7. The quantitative estimate of drug-likeness (QED) is 0.749. The number of anilines is 1. The van der Waals surface area contributed by atoms with E-state index in [9.17, 15) is 13.2 Å². The largest absolute Gasteiger partial charge is 0.495 e. The minimum absolute atomic E-state index is 0.0779. The van der Waals surface area contributed by atoms with Crippen LogP contribution in [0, 0.1) is 6.92 Å². The SMILES string of the molecule is CCc1nc(NC(=O)c2ccc(OC)c(S(=O)(=O)NC(C)C)c2)sc1C. The van der Waals surface area contributed by atoms with E-state index < -0.39 is 15.9 Å². The molecular weight excluding hydrogens is 374 g/mol. The van der Waals surface area contributed by atoms with Crippen LogP contribution in [0.15, 0.2) is 23.1 Å². The van der Waals surface area contributed by atoms with Gasteiger partial charge in [0.2, 0.25) is 10.0 Å². The van der Waals surface area contributed by atoms with Crippen LogP contribution in [0.1, 0.15) is 41.7 Å². The van der Waals surface area contributed by atoms with Crippen LogP contribution in [-0.4, -0.2) is 32.5 Å². The van der Waals surface area contributed by atoms with Crippen LogP contribution < -0.4 is 14.8 Å². The summed E-state index contributed by atoms with van der Waals surface area (Å²) in [5.74, 6) is -0.252. The van der Waals surface area contributed by atoms with Crippen molar-refractivity contribution in [3.8, 4) is 5.75 Å². The maximum atomic E-state index is 12.5. The number of benzene rings is 1. The fraction of sp³-hybridized carbons (Fsp3) is 0.412. The molecule has 1 aromatic carbocycles. The van der Waals surface area contributed by atoms with E-state index in [4.69, 9.17) is 4.74 Å². The highest BCUT2D eigenvalue weighted by Gasteiger charge is 2.23. The van der Waals surface area contributed by atoms with E-state index in [1.165, 1.54) is 36.6 Å². The van der Waals surface area contributed by atoms with Crippen molar-refractivity contribution in [1.82, 2.24) is 9.71 Å². The monoisotopic (exact) mass is 397 g/mol. The first kappa shape index (κ1) is 20.3. The van der Waals surface area contributed by atoms with Crippen LogP contribution in [-0.2, 0) is 16.4 Å². The Labute approximate surface area is 157 Å². The summed E-state index contributed by atoms with van der Waals surface area (Å²) < 4.78 is 32.7. The molecule has 7 nitrogen and oxygen atoms in total. The van der Waals surface area contributed by atoms with Gasteiger partial charge in [-0.25, -0.2) is 18.1 Å². The van der Waals surface area contributed by atoms with Gasteiger partial charge in [-0.05, 0) is 45.4 Å². The first-order valence-corrected chi connectivity index (χ1v) is 10.5. The third-order valence-corrected chi connectivity index (χ3v) is 6.16. The number of amides is 1. The standard InChI is InChI=1S/C17H23N3O4S2/c1-6-13-11(4)25-17(18-13)19-16(21)12-7-8-14(24-5)15(9-12)26(22,23)20-10(2)3/h7-10,20H,6H2,1-5H3,(H,18,19,21). The molecule has 0 fully saturated rings. The molecule has 0 saturated carbocycles. The summed E-state index contributed by atoms with van der Waals surface area (Å²) in [4.78, 5) is 17.9. The molecule has 0 aliphatic rings. The van der Waals surface area contributed by atoms with Crippen molar-refractivity contribution in [2.24, 2.45) is 0 Å². The van der Waals surface area contributed by atoms with Gasteiger partial charge >= 0.3 is 0 Å². The highest BCUT2D eigenvalue weighted by atomic mass is 32.2. The van der Waals surface area contributed by atoms with Crippen molar-refractivity contribution in [3.05, 3.63) is 34.3 Å². The maximum absolute atomic E-state index is 12.5. The smallest absolute Gasteiger partial charge is 0.257 e. The number of sulfonamides is 1. The van der Waals surface area contributed by atoms with Gasteiger partial charge in [0, 0.05) is 16.5 Å². The molecule has 142 valence electrons. The fourth-order valence-electron chi connectivity index (χ4n) is 2.38. The summed E-state index contributed by atoms with van der Waals surface area (Å²) in [5, 5.41) is 3.21. The Morgan fingerprint density at radius 1 is 1.35 bits per heavy atom. The lowest BCUT2D eigenvalue weighted by atomic mass is 10.2. The van der Waals surface area contributed by atoms with E-state index in [2.05, 4.69) is 15.0 Å². The van der Waals surface area contributed by atoms with Gasteiger partial charge in [-0.1, -0.05) is 6.92 Å². The molecule has 1 heterocycles. The highest BCUT2D eigenvalue weighted by molar-refractivity contribution is 7.89. The Kier molecular flexibility index (Phi) is 6.38. The topological polar surface area (TPSA) is 97.4 Å². The first-order chi connectivity index (χ1) is 12.2. The molecule has 0 radical (unpaired) electrons.